The summed E-state index contributed by atoms with van der Waals surface area (Å²) in [6.07, 6.45) is 1.19. The molecule has 10 heteroatoms. The molecular formula is C14H18N6O3S. The maximum absolute atomic E-state index is 12.0. The topological polar surface area (TPSA) is 117 Å². The van der Waals surface area contributed by atoms with Crippen molar-refractivity contribution in [1.82, 2.24) is 19.5 Å². The molecule has 0 radical (unpaired) electrons. The van der Waals surface area contributed by atoms with Crippen LogP contribution in [0, 0.1) is 18.6 Å². The van der Waals surface area contributed by atoms with E-state index in [1.54, 1.807) is 0 Å². The minimum Gasteiger partial charge on any atom is -0.494 e. The molecular weight excluding hydrogens is 332 g/mol. The van der Waals surface area contributed by atoms with Crippen molar-refractivity contribution in [3.8, 4) is 5.88 Å². The van der Waals surface area contributed by atoms with E-state index in [9.17, 15) is 9.90 Å². The zero-order chi connectivity index (χ0) is 17.7. The first-order chi connectivity index (χ1) is 11.4. The Morgan fingerprint density at radius 2 is 2.12 bits per heavy atom. The number of aromatic amines is 1. The minimum atomic E-state index is -0.543. The molecule has 24 heavy (non-hydrogen) atoms. The van der Waals surface area contributed by atoms with Gasteiger partial charge < -0.3 is 9.84 Å². The molecule has 0 aliphatic heterocycles. The van der Waals surface area contributed by atoms with E-state index in [0.717, 1.165) is 11.4 Å². The number of anilines is 1. The van der Waals surface area contributed by atoms with Crippen molar-refractivity contribution in [2.75, 3.05) is 19.1 Å². The summed E-state index contributed by atoms with van der Waals surface area (Å²) >= 11 is 5.03. The molecule has 0 saturated carbocycles. The van der Waals surface area contributed by atoms with E-state index < -0.39 is 5.56 Å². The maximum Gasteiger partial charge on any atom is 0.264 e. The number of nitrogens with zero attached hydrogens (tertiary/aromatic N) is 4. The Hall–Kier alpha value is -2.59. The third kappa shape index (κ3) is 4.24. The second kappa shape index (κ2) is 7.79. The van der Waals surface area contributed by atoms with Crippen molar-refractivity contribution < 1.29 is 9.84 Å². The van der Waals surface area contributed by atoms with Crippen molar-refractivity contribution in [2.24, 2.45) is 5.10 Å². The number of rotatable bonds is 6. The molecule has 0 spiro atoms. The highest BCUT2D eigenvalue weighted by Gasteiger charge is 2.10. The van der Waals surface area contributed by atoms with Crippen molar-refractivity contribution >= 4 is 24.4 Å². The van der Waals surface area contributed by atoms with Crippen LogP contribution in [-0.2, 0) is 11.3 Å². The molecule has 0 amide bonds. The molecule has 0 aliphatic carbocycles. The molecule has 128 valence electrons. The lowest BCUT2D eigenvalue weighted by atomic mass is 10.3. The highest BCUT2D eigenvalue weighted by molar-refractivity contribution is 7.71. The lowest BCUT2D eigenvalue weighted by Gasteiger charge is -2.10. The fourth-order valence-electron chi connectivity index (χ4n) is 2.01. The molecule has 0 aromatic carbocycles. The van der Waals surface area contributed by atoms with Crippen molar-refractivity contribution in [1.29, 1.82) is 0 Å². The third-order valence-corrected chi connectivity index (χ3v) is 3.39. The quantitative estimate of drug-likeness (QED) is 0.406. The van der Waals surface area contributed by atoms with Crippen LogP contribution in [0.3, 0.4) is 0 Å². The van der Waals surface area contributed by atoms with Crippen LogP contribution in [0.4, 0.5) is 5.95 Å². The molecule has 0 bridgehead atoms. The second-order valence-corrected chi connectivity index (χ2v) is 5.37. The van der Waals surface area contributed by atoms with Gasteiger partial charge in [-0.2, -0.15) is 5.10 Å². The van der Waals surface area contributed by atoms with Gasteiger partial charge in [-0.1, -0.05) is 0 Å². The second-order valence-electron chi connectivity index (χ2n) is 4.99. The van der Waals surface area contributed by atoms with Crippen LogP contribution in [0.1, 0.15) is 17.0 Å². The van der Waals surface area contributed by atoms with Gasteiger partial charge in [0.15, 0.2) is 4.77 Å². The average Bonchev–Trinajstić information content (AvgIpc) is 2.49. The lowest BCUT2D eigenvalue weighted by molar-refractivity contribution is 0.182. The normalized spacial score (nSPS) is 11.1. The zero-order valence-corrected chi connectivity index (χ0v) is 14.3. The standard InChI is InChI=1S/C14H18N6O3S/c1-8-6-9(2)17-13(16-8)19-15-7-10-11(21)18-14(24)20(12(10)22)4-5-23-3/h6-7,22H,4-5H2,1-3H3,(H,16,17,19)(H,18,21,24). The Morgan fingerprint density at radius 1 is 1.46 bits per heavy atom. The Kier molecular flexibility index (Phi) is 5.77. The van der Waals surface area contributed by atoms with E-state index >= 15 is 0 Å². The zero-order valence-electron chi connectivity index (χ0n) is 13.5. The summed E-state index contributed by atoms with van der Waals surface area (Å²) in [6, 6.07) is 1.83. The largest absolute Gasteiger partial charge is 0.494 e. The van der Waals surface area contributed by atoms with E-state index in [0.29, 0.717) is 19.1 Å². The van der Waals surface area contributed by atoms with Gasteiger partial charge in [-0.15, -0.1) is 0 Å². The van der Waals surface area contributed by atoms with Gasteiger partial charge >= 0.3 is 0 Å². The number of nitrogens with one attached hydrogen (secondary N) is 2. The predicted octanol–water partition coefficient (Wildman–Crippen LogP) is 1.11. The van der Waals surface area contributed by atoms with Gasteiger partial charge in [0, 0.05) is 18.5 Å². The van der Waals surface area contributed by atoms with Crippen LogP contribution in [0.2, 0.25) is 0 Å². The molecule has 0 atom stereocenters. The van der Waals surface area contributed by atoms with Crippen LogP contribution in [0.5, 0.6) is 5.88 Å². The average molecular weight is 350 g/mol. The Morgan fingerprint density at radius 3 is 2.75 bits per heavy atom. The van der Waals surface area contributed by atoms with E-state index in [1.807, 2.05) is 19.9 Å². The predicted molar refractivity (Wildman–Crippen MR) is 92.2 cm³/mol. The first-order valence-corrected chi connectivity index (χ1v) is 7.49. The Bertz CT molecular complexity index is 854. The fraction of sp³-hybridized carbons (Fsp3) is 0.357. The summed E-state index contributed by atoms with van der Waals surface area (Å²) in [4.78, 5) is 22.8. The monoisotopic (exact) mass is 350 g/mol. The van der Waals surface area contributed by atoms with E-state index in [4.69, 9.17) is 17.0 Å². The molecule has 3 N–H and O–H groups in total. The molecule has 2 aromatic rings. The van der Waals surface area contributed by atoms with E-state index in [2.05, 4.69) is 25.5 Å². The number of hydrogen-bond acceptors (Lipinski definition) is 8. The van der Waals surface area contributed by atoms with Gasteiger partial charge in [0.25, 0.3) is 5.56 Å². The van der Waals surface area contributed by atoms with Crippen LogP contribution in [0.25, 0.3) is 0 Å². The lowest BCUT2D eigenvalue weighted by Crippen LogP contribution is -2.20. The fourth-order valence-corrected chi connectivity index (χ4v) is 2.28. The molecule has 0 unspecified atom stereocenters. The van der Waals surface area contributed by atoms with Crippen molar-refractivity contribution in [2.45, 2.75) is 20.4 Å². The number of aromatic hydroxyl groups is 1. The van der Waals surface area contributed by atoms with Gasteiger partial charge in [-0.3, -0.25) is 14.3 Å². The summed E-state index contributed by atoms with van der Waals surface area (Å²) in [5.74, 6) is 0.0134. The molecule has 2 aromatic heterocycles. The van der Waals surface area contributed by atoms with E-state index in [-0.39, 0.29) is 16.2 Å². The number of H-pyrrole nitrogens is 1. The van der Waals surface area contributed by atoms with Crippen LogP contribution >= 0.6 is 12.2 Å². The molecule has 0 fully saturated rings. The van der Waals surface area contributed by atoms with Gasteiger partial charge in [0.05, 0.1) is 19.4 Å². The van der Waals surface area contributed by atoms with Gasteiger partial charge in [0.2, 0.25) is 11.8 Å². The summed E-state index contributed by atoms with van der Waals surface area (Å²) in [5.41, 5.74) is 3.63. The minimum absolute atomic E-state index is 0.0309. The first kappa shape index (κ1) is 17.8. The number of aromatic nitrogens is 4. The van der Waals surface area contributed by atoms with Crippen LogP contribution in [0.15, 0.2) is 16.0 Å². The molecule has 9 nitrogen and oxygen atoms in total. The van der Waals surface area contributed by atoms with Crippen molar-refractivity contribution in [3.63, 3.8) is 0 Å². The number of aryl methyl sites for hydroxylation is 2. The molecule has 0 aliphatic rings. The van der Waals surface area contributed by atoms with Crippen LogP contribution in [-0.4, -0.2) is 44.6 Å². The van der Waals surface area contributed by atoms with Gasteiger partial charge in [-0.25, -0.2) is 15.4 Å². The SMILES string of the molecule is COCCn1c(O)c(C=NNc2nc(C)cc(C)n2)c(=O)[nH]c1=S. The first-order valence-electron chi connectivity index (χ1n) is 7.08. The molecule has 2 rings (SSSR count). The van der Waals surface area contributed by atoms with E-state index in [1.165, 1.54) is 17.9 Å². The molecule has 0 saturated heterocycles. The van der Waals surface area contributed by atoms with Gasteiger partial charge in [0.1, 0.15) is 5.56 Å². The summed E-state index contributed by atoms with van der Waals surface area (Å²) in [6.45, 7) is 4.30. The molecule has 2 heterocycles. The number of hydrazone groups is 1. The Labute approximate surface area is 143 Å². The summed E-state index contributed by atoms with van der Waals surface area (Å²) in [7, 11) is 1.53. The third-order valence-electron chi connectivity index (χ3n) is 3.07. The van der Waals surface area contributed by atoms with Crippen molar-refractivity contribution in [3.05, 3.63) is 38.1 Å². The summed E-state index contributed by atoms with van der Waals surface area (Å²) < 4.78 is 6.42. The maximum atomic E-state index is 12.0. The Balaban J connectivity index is 2.28. The number of hydrogen-bond donors (Lipinski definition) is 3. The highest BCUT2D eigenvalue weighted by Crippen LogP contribution is 2.11. The highest BCUT2D eigenvalue weighted by atomic mass is 32.1. The van der Waals surface area contributed by atoms with Crippen LogP contribution < -0.4 is 11.0 Å². The number of methoxy groups -OCH3 is 1. The van der Waals surface area contributed by atoms with Gasteiger partial charge in [-0.05, 0) is 32.1 Å². The number of ether oxygens (including phenoxy) is 1. The summed E-state index contributed by atoms with van der Waals surface area (Å²) in [5, 5.41) is 14.1. The smallest absolute Gasteiger partial charge is 0.264 e.